The highest BCUT2D eigenvalue weighted by atomic mass is 32.1. The lowest BCUT2D eigenvalue weighted by Gasteiger charge is -2.09. The molecule has 4 N–H and O–H groups in total. The molecule has 0 radical (unpaired) electrons. The fraction of sp³-hybridized carbons (Fsp3) is 0.189. The number of benzene rings is 8. The van der Waals surface area contributed by atoms with Crippen molar-refractivity contribution in [2.45, 2.75) is 73.5 Å². The van der Waals surface area contributed by atoms with Crippen LogP contribution in [0.4, 0.5) is 0 Å². The molecule has 0 aliphatic heterocycles. The second kappa shape index (κ2) is 35.1. The summed E-state index contributed by atoms with van der Waals surface area (Å²) in [4.78, 5) is 141. The lowest BCUT2D eigenvalue weighted by molar-refractivity contribution is 0.490. The summed E-state index contributed by atoms with van der Waals surface area (Å²) in [6, 6.07) is 71.4. The van der Waals surface area contributed by atoms with E-state index in [2.05, 4.69) is 20.4 Å². The van der Waals surface area contributed by atoms with E-state index in [1.54, 1.807) is 62.4 Å². The molecular weight excluding hydrogens is 1350 g/mol. The van der Waals surface area contributed by atoms with Crippen molar-refractivity contribution in [3.63, 3.8) is 0 Å². The number of aryl methyl sites for hydroxylation is 4. The molecule has 0 amide bonds. The van der Waals surface area contributed by atoms with Crippen molar-refractivity contribution in [3.8, 4) is 17.1 Å². The molecule has 6 aromatic heterocycles. The summed E-state index contributed by atoms with van der Waals surface area (Å²) < 4.78 is 16.3. The predicted molar refractivity (Wildman–Crippen MR) is 399 cm³/mol. The van der Waals surface area contributed by atoms with E-state index in [9.17, 15) is 57.5 Å². The first-order valence-corrected chi connectivity index (χ1v) is 33.5. The minimum atomic E-state index is -0.433. The molecule has 0 unspecified atom stereocenters. The van der Waals surface area contributed by atoms with Crippen LogP contribution in [-0.2, 0) is 67.0 Å². The number of nitrogens with one attached hydrogen (secondary N) is 4. The van der Waals surface area contributed by atoms with E-state index in [1.165, 1.54) is 57.8 Å². The molecule has 14 rings (SSSR count). The van der Waals surface area contributed by atoms with Crippen LogP contribution in [0.25, 0.3) is 17.1 Å². The van der Waals surface area contributed by atoms with Crippen LogP contribution in [0.15, 0.2) is 288 Å². The largest absolute Gasteiger partial charge is 0.351 e. The molecule has 0 saturated heterocycles. The third-order valence-electron chi connectivity index (χ3n) is 16.0. The second-order valence-corrected chi connectivity index (χ2v) is 24.3. The first-order chi connectivity index (χ1) is 50.0. The number of H-pyrrole nitrogens is 4. The summed E-state index contributed by atoms with van der Waals surface area (Å²) >= 11 is 0.934. The second-order valence-electron chi connectivity index (χ2n) is 23.4. The number of rotatable bonds is 15. The summed E-state index contributed by atoms with van der Waals surface area (Å²) in [6.07, 6.45) is 0. The molecule has 8 aromatic carbocycles. The zero-order chi connectivity index (χ0) is 74.6. The molecule has 104 heavy (non-hydrogen) atoms. The molecule has 6 heterocycles. The molecule has 0 fully saturated rings. The maximum atomic E-state index is 12.5. The Balaban J connectivity index is 0.000000147. The fourth-order valence-electron chi connectivity index (χ4n) is 10.3. The number of aromatic nitrogens is 17. The summed E-state index contributed by atoms with van der Waals surface area (Å²) in [5.41, 5.74) is 5.13. The highest BCUT2D eigenvalue weighted by Crippen LogP contribution is 2.11. The summed E-state index contributed by atoms with van der Waals surface area (Å²) in [7, 11) is 4.39. The average Bonchev–Trinajstić information content (AvgIpc) is 1.65. The van der Waals surface area contributed by atoms with Gasteiger partial charge in [0, 0.05) is 45.8 Å². The molecular formula is C74H77N17O12S. The molecule has 0 aliphatic rings. The van der Waals surface area contributed by atoms with Gasteiger partial charge in [0.15, 0.2) is 0 Å². The maximum absolute atomic E-state index is 12.5. The number of nitrogens with zero attached hydrogens (tertiary/aromatic N) is 13. The van der Waals surface area contributed by atoms with Crippen LogP contribution in [-0.4, -0.2) is 79.8 Å². The molecule has 29 nitrogen and oxygen atoms in total. The number of hydrogen-bond acceptors (Lipinski definition) is 13. The van der Waals surface area contributed by atoms with Gasteiger partial charge < -0.3 is 0 Å². The topological polar surface area (TPSA) is 332 Å². The van der Waals surface area contributed by atoms with Crippen LogP contribution in [0.1, 0.15) is 52.8 Å². The van der Waals surface area contributed by atoms with Gasteiger partial charge in [-0.1, -0.05) is 205 Å². The maximum Gasteiger partial charge on any atom is 0.351 e. The minimum Gasteiger partial charge on any atom is -0.255 e. The Morgan fingerprint density at radius 2 is 0.596 bits per heavy atom. The van der Waals surface area contributed by atoms with Crippen LogP contribution in [0.2, 0.25) is 0 Å². The van der Waals surface area contributed by atoms with Crippen molar-refractivity contribution in [2.75, 3.05) is 0 Å². The molecule has 0 aliphatic carbocycles. The zero-order valence-corrected chi connectivity index (χ0v) is 58.8. The van der Waals surface area contributed by atoms with Crippen LogP contribution >= 0.6 is 11.5 Å². The van der Waals surface area contributed by atoms with E-state index in [0.717, 1.165) is 79.0 Å². The molecule has 30 heteroatoms. The van der Waals surface area contributed by atoms with E-state index in [0.29, 0.717) is 57.2 Å². The van der Waals surface area contributed by atoms with Gasteiger partial charge in [-0.05, 0) is 91.9 Å². The van der Waals surface area contributed by atoms with Crippen molar-refractivity contribution in [2.24, 2.45) is 21.1 Å². The standard InChI is InChI=1S/C17H17N3O2.C17H16N2O2S.C15H13N3O2.2C10H11N3O2.C5H9N3O2/c1-18-16(21)19(12-14-8-4-2-5-9-14)20(17(18)22)13-15-10-6-3-7-11-15;1-12-3-7-14(8-4-12)11-18-16(20)19(22-17(18)21)15-9-5-13(2)6-10-15;19-14-16-17(11-12-7-3-1-4-8-12)15(20)18(14)13-9-5-2-6-10-13;1-12-9(14)11-13(10(12)15)7-8-5-3-2-4-6-8;1-2-12-10(15)13(9(14)11-12)8-6-4-3-5-7-8;1-3-8-5(10)7(2)4(9)6-8/h2-11H,12-13H2,1H3;3-10H,11H2,1-2H3;1-10H,11H2,(H,16,19);2-6H,7H2,1H3,(H,11,14);3-7H,2H2,1H3,(H,11,14);3H2,1-2H3,(H,6,9). The van der Waals surface area contributed by atoms with Crippen LogP contribution < -0.4 is 67.5 Å². The van der Waals surface area contributed by atoms with Gasteiger partial charge in [0.2, 0.25) is 0 Å². The third-order valence-corrected chi connectivity index (χ3v) is 17.0. The van der Waals surface area contributed by atoms with Gasteiger partial charge in [0.25, 0.3) is 0 Å². The lowest BCUT2D eigenvalue weighted by Crippen LogP contribution is -2.28. The van der Waals surface area contributed by atoms with E-state index < -0.39 is 17.1 Å². The van der Waals surface area contributed by atoms with Gasteiger partial charge in [-0.2, -0.15) is 0 Å². The van der Waals surface area contributed by atoms with E-state index in [1.807, 2.05) is 196 Å². The average molecular weight is 1430 g/mol. The van der Waals surface area contributed by atoms with Crippen LogP contribution in [0.3, 0.4) is 0 Å². The summed E-state index contributed by atoms with van der Waals surface area (Å²) in [5, 5.41) is 9.89. The van der Waals surface area contributed by atoms with Gasteiger partial charge in [0.05, 0.1) is 49.8 Å². The highest BCUT2D eigenvalue weighted by Gasteiger charge is 2.16. The van der Waals surface area contributed by atoms with Crippen LogP contribution in [0, 0.1) is 13.8 Å². The van der Waals surface area contributed by atoms with Crippen LogP contribution in [0.5, 0.6) is 0 Å². The fourth-order valence-corrected chi connectivity index (χ4v) is 11.1. The first-order valence-electron chi connectivity index (χ1n) is 32.7. The predicted octanol–water partition coefficient (Wildman–Crippen LogP) is 4.71. The van der Waals surface area contributed by atoms with Crippen molar-refractivity contribution in [1.82, 2.24) is 79.8 Å². The third kappa shape index (κ3) is 18.7. The van der Waals surface area contributed by atoms with Gasteiger partial charge in [0.1, 0.15) is 0 Å². The van der Waals surface area contributed by atoms with Crippen molar-refractivity contribution in [1.29, 1.82) is 0 Å². The Bertz CT molecular complexity index is 5820. The minimum absolute atomic E-state index is 0.244. The van der Waals surface area contributed by atoms with Gasteiger partial charge in [-0.25, -0.2) is 133 Å². The smallest absolute Gasteiger partial charge is 0.255 e. The van der Waals surface area contributed by atoms with E-state index in [-0.39, 0.29) is 50.4 Å². The lowest BCUT2D eigenvalue weighted by atomic mass is 10.1. The number of para-hydroxylation sites is 2. The summed E-state index contributed by atoms with van der Waals surface area (Å²) in [5.74, 6) is 0. The Morgan fingerprint density at radius 3 is 0.952 bits per heavy atom. The number of hydrogen-bond donors (Lipinski definition) is 4. The van der Waals surface area contributed by atoms with Gasteiger partial charge in [-0.3, -0.25) is 4.79 Å². The zero-order valence-electron chi connectivity index (χ0n) is 58.0. The Labute approximate surface area is 594 Å². The molecule has 536 valence electrons. The molecule has 0 atom stereocenters. The molecule has 0 spiro atoms. The Hall–Kier alpha value is -13.4. The van der Waals surface area contributed by atoms with Gasteiger partial charge >= 0.3 is 67.5 Å². The first kappa shape index (κ1) is 74.8. The molecule has 14 aromatic rings. The van der Waals surface area contributed by atoms with Gasteiger partial charge in [-0.15, -0.1) is 0 Å². The normalized spacial score (nSPS) is 10.6. The van der Waals surface area contributed by atoms with E-state index >= 15 is 0 Å². The summed E-state index contributed by atoms with van der Waals surface area (Å²) in [6.45, 7) is 10.3. The molecule has 0 bridgehead atoms. The highest BCUT2D eigenvalue weighted by molar-refractivity contribution is 7.03. The van der Waals surface area contributed by atoms with Crippen molar-refractivity contribution >= 4 is 11.5 Å². The van der Waals surface area contributed by atoms with Crippen molar-refractivity contribution < 1.29 is 0 Å². The SMILES string of the molecule is CCn1[nH]c(=O)n(-c2ccccc2)c1=O.CCn1[nH]c(=O)n(C)c1=O.Cc1ccc(Cn2c(=O)sn(-c3ccc(C)cc3)c2=O)cc1.Cn1c(=O)[nH]n(Cc2ccccc2)c1=O.Cn1c(=O)n(Cc2ccccc2)n(Cc2ccccc2)c1=O.O=c1[nH]n(Cc2ccccc2)c(=O)n1-c1ccccc1. The monoisotopic (exact) mass is 1430 g/mol. The number of aromatic amines is 4. The van der Waals surface area contributed by atoms with E-state index in [4.69, 9.17) is 0 Å². The Kier molecular flexibility index (Phi) is 25.3. The molecule has 0 saturated carbocycles. The van der Waals surface area contributed by atoms with Crippen molar-refractivity contribution in [3.05, 3.63) is 394 Å². The quantitative estimate of drug-likeness (QED) is 0.108. The Morgan fingerprint density at radius 1 is 0.288 bits per heavy atom.